The van der Waals surface area contributed by atoms with Crippen molar-refractivity contribution in [3.05, 3.63) is 59.7 Å². The van der Waals surface area contributed by atoms with E-state index >= 15 is 0 Å². The summed E-state index contributed by atoms with van der Waals surface area (Å²) in [4.78, 5) is 36.7. The van der Waals surface area contributed by atoms with Gasteiger partial charge in [-0.15, -0.1) is 0 Å². The lowest BCUT2D eigenvalue weighted by molar-refractivity contribution is -0.118. The van der Waals surface area contributed by atoms with E-state index in [0.717, 1.165) is 6.42 Å². The smallest absolute Gasteiger partial charge is 0.255 e. The number of carbonyl (C=O) groups excluding carboxylic acids is 3. The second-order valence-electron chi connectivity index (χ2n) is 6.48. The van der Waals surface area contributed by atoms with Gasteiger partial charge in [0.2, 0.25) is 5.91 Å². The van der Waals surface area contributed by atoms with Crippen LogP contribution in [0.5, 0.6) is 0 Å². The molecule has 0 atom stereocenters. The molecule has 0 saturated heterocycles. The number of benzene rings is 2. The van der Waals surface area contributed by atoms with Crippen molar-refractivity contribution in [2.24, 2.45) is 5.92 Å². The van der Waals surface area contributed by atoms with Crippen LogP contribution in [-0.4, -0.2) is 24.3 Å². The number of rotatable bonds is 7. The SMILES string of the molecule is CCCNC(=O)c1ccccc1NC(=O)c1cccc(NC(=O)C(C)C)c1. The van der Waals surface area contributed by atoms with Crippen molar-refractivity contribution < 1.29 is 14.4 Å². The normalized spacial score (nSPS) is 10.4. The predicted octanol–water partition coefficient (Wildman–Crippen LogP) is 3.67. The Morgan fingerprint density at radius 2 is 1.67 bits per heavy atom. The first-order chi connectivity index (χ1) is 12.9. The molecule has 3 N–H and O–H groups in total. The molecule has 0 radical (unpaired) electrons. The van der Waals surface area contributed by atoms with Gasteiger partial charge < -0.3 is 16.0 Å². The van der Waals surface area contributed by atoms with Gasteiger partial charge in [0.15, 0.2) is 0 Å². The second kappa shape index (κ2) is 9.52. The molecule has 27 heavy (non-hydrogen) atoms. The van der Waals surface area contributed by atoms with E-state index in [-0.39, 0.29) is 23.6 Å². The molecule has 0 spiro atoms. The van der Waals surface area contributed by atoms with Gasteiger partial charge >= 0.3 is 0 Å². The highest BCUT2D eigenvalue weighted by Gasteiger charge is 2.14. The van der Waals surface area contributed by atoms with E-state index in [4.69, 9.17) is 0 Å². The zero-order valence-corrected chi connectivity index (χ0v) is 15.8. The predicted molar refractivity (Wildman–Crippen MR) is 107 cm³/mol. The maximum Gasteiger partial charge on any atom is 0.255 e. The fourth-order valence-electron chi connectivity index (χ4n) is 2.34. The summed E-state index contributed by atoms with van der Waals surface area (Å²) in [6, 6.07) is 13.5. The minimum Gasteiger partial charge on any atom is -0.352 e. The molecule has 2 aromatic rings. The van der Waals surface area contributed by atoms with Crippen LogP contribution in [0, 0.1) is 5.92 Å². The van der Waals surface area contributed by atoms with Gasteiger partial charge in [-0.3, -0.25) is 14.4 Å². The van der Waals surface area contributed by atoms with Crippen molar-refractivity contribution in [2.45, 2.75) is 27.2 Å². The minimum absolute atomic E-state index is 0.120. The molecule has 0 aromatic heterocycles. The zero-order chi connectivity index (χ0) is 19.8. The Balaban J connectivity index is 2.16. The van der Waals surface area contributed by atoms with Crippen molar-refractivity contribution in [3.63, 3.8) is 0 Å². The third kappa shape index (κ3) is 5.67. The van der Waals surface area contributed by atoms with Crippen molar-refractivity contribution in [1.29, 1.82) is 0 Å². The van der Waals surface area contributed by atoms with Crippen LogP contribution in [0.1, 0.15) is 47.9 Å². The maximum atomic E-state index is 12.6. The van der Waals surface area contributed by atoms with Crippen LogP contribution in [-0.2, 0) is 4.79 Å². The van der Waals surface area contributed by atoms with Crippen molar-refractivity contribution in [2.75, 3.05) is 17.2 Å². The summed E-state index contributed by atoms with van der Waals surface area (Å²) >= 11 is 0. The summed E-state index contributed by atoms with van der Waals surface area (Å²) in [7, 11) is 0. The van der Waals surface area contributed by atoms with E-state index in [1.165, 1.54) is 0 Å². The molecule has 0 aliphatic heterocycles. The highest BCUT2D eigenvalue weighted by Crippen LogP contribution is 2.18. The van der Waals surface area contributed by atoms with Crippen LogP contribution in [0.25, 0.3) is 0 Å². The van der Waals surface area contributed by atoms with Crippen LogP contribution in [0.3, 0.4) is 0 Å². The lowest BCUT2D eigenvalue weighted by atomic mass is 10.1. The van der Waals surface area contributed by atoms with Crippen LogP contribution in [0.2, 0.25) is 0 Å². The maximum absolute atomic E-state index is 12.6. The summed E-state index contributed by atoms with van der Waals surface area (Å²) in [5.41, 5.74) is 1.78. The molecular formula is C21H25N3O3. The first kappa shape index (κ1) is 20.2. The second-order valence-corrected chi connectivity index (χ2v) is 6.48. The van der Waals surface area contributed by atoms with Crippen molar-refractivity contribution >= 4 is 29.1 Å². The van der Waals surface area contributed by atoms with E-state index in [0.29, 0.717) is 29.0 Å². The Bertz CT molecular complexity index is 831. The lowest BCUT2D eigenvalue weighted by Gasteiger charge is -2.12. The van der Waals surface area contributed by atoms with Crippen molar-refractivity contribution in [1.82, 2.24) is 5.32 Å². The van der Waals surface area contributed by atoms with Crippen LogP contribution in [0.4, 0.5) is 11.4 Å². The summed E-state index contributed by atoms with van der Waals surface area (Å²) in [5.74, 6) is -0.862. The Labute approximate surface area is 159 Å². The summed E-state index contributed by atoms with van der Waals surface area (Å²) < 4.78 is 0. The largest absolute Gasteiger partial charge is 0.352 e. The Kier molecular flexibility index (Phi) is 7.11. The van der Waals surface area contributed by atoms with Crippen LogP contribution in [0.15, 0.2) is 48.5 Å². The van der Waals surface area contributed by atoms with E-state index in [1.807, 2.05) is 6.92 Å². The number of hydrogen-bond acceptors (Lipinski definition) is 3. The Morgan fingerprint density at radius 3 is 2.37 bits per heavy atom. The topological polar surface area (TPSA) is 87.3 Å². The van der Waals surface area contributed by atoms with Gasteiger partial charge in [-0.25, -0.2) is 0 Å². The molecular weight excluding hydrogens is 342 g/mol. The molecule has 2 rings (SSSR count). The fraction of sp³-hybridized carbons (Fsp3) is 0.286. The molecule has 6 heteroatoms. The average Bonchev–Trinajstić information content (AvgIpc) is 2.66. The highest BCUT2D eigenvalue weighted by molar-refractivity contribution is 6.09. The number of anilines is 2. The Hall–Kier alpha value is -3.15. The standard InChI is InChI=1S/C21H25N3O3/c1-4-12-22-21(27)17-10-5-6-11-18(17)24-20(26)15-8-7-9-16(13-15)23-19(25)14(2)3/h5-11,13-14H,4,12H2,1-3H3,(H,22,27)(H,23,25)(H,24,26). The molecule has 142 valence electrons. The fourth-order valence-corrected chi connectivity index (χ4v) is 2.34. The monoisotopic (exact) mass is 367 g/mol. The molecule has 0 unspecified atom stereocenters. The van der Waals surface area contributed by atoms with Gasteiger partial charge in [0.05, 0.1) is 11.3 Å². The number of para-hydroxylation sites is 1. The van der Waals surface area contributed by atoms with Gasteiger partial charge in [-0.05, 0) is 36.8 Å². The number of amides is 3. The summed E-state index contributed by atoms with van der Waals surface area (Å²) in [5, 5.41) is 8.35. The summed E-state index contributed by atoms with van der Waals surface area (Å²) in [6.07, 6.45) is 0.829. The average molecular weight is 367 g/mol. The summed E-state index contributed by atoms with van der Waals surface area (Å²) in [6.45, 7) is 6.14. The molecule has 0 saturated carbocycles. The van der Waals surface area contributed by atoms with E-state index in [2.05, 4.69) is 16.0 Å². The molecule has 0 heterocycles. The van der Waals surface area contributed by atoms with Crippen LogP contribution < -0.4 is 16.0 Å². The Morgan fingerprint density at radius 1 is 0.926 bits per heavy atom. The molecule has 3 amide bonds. The molecule has 2 aromatic carbocycles. The zero-order valence-electron chi connectivity index (χ0n) is 15.8. The molecule has 6 nitrogen and oxygen atoms in total. The number of nitrogens with one attached hydrogen (secondary N) is 3. The van der Waals surface area contributed by atoms with Gasteiger partial charge in [-0.2, -0.15) is 0 Å². The van der Waals surface area contributed by atoms with E-state index in [1.54, 1.807) is 62.4 Å². The highest BCUT2D eigenvalue weighted by atomic mass is 16.2. The van der Waals surface area contributed by atoms with E-state index < -0.39 is 0 Å². The van der Waals surface area contributed by atoms with Gasteiger partial charge in [0.1, 0.15) is 0 Å². The molecule has 0 aliphatic rings. The third-order valence-electron chi connectivity index (χ3n) is 3.87. The molecule has 0 fully saturated rings. The lowest BCUT2D eigenvalue weighted by Crippen LogP contribution is -2.25. The van der Waals surface area contributed by atoms with Crippen LogP contribution >= 0.6 is 0 Å². The van der Waals surface area contributed by atoms with Crippen molar-refractivity contribution in [3.8, 4) is 0 Å². The van der Waals surface area contributed by atoms with Gasteiger partial charge in [-0.1, -0.05) is 39.0 Å². The van der Waals surface area contributed by atoms with E-state index in [9.17, 15) is 14.4 Å². The number of carbonyl (C=O) groups is 3. The first-order valence-corrected chi connectivity index (χ1v) is 9.02. The minimum atomic E-state index is -0.355. The first-order valence-electron chi connectivity index (χ1n) is 9.02. The van der Waals surface area contributed by atoms with Gasteiger partial charge in [0.25, 0.3) is 11.8 Å². The number of hydrogen-bond donors (Lipinski definition) is 3. The molecule has 0 bridgehead atoms. The molecule has 0 aliphatic carbocycles. The van der Waals surface area contributed by atoms with Gasteiger partial charge in [0, 0.05) is 23.7 Å². The quantitative estimate of drug-likeness (QED) is 0.698. The third-order valence-corrected chi connectivity index (χ3v) is 3.87.